The minimum absolute atomic E-state index is 0.166. The maximum atomic E-state index is 12.2. The maximum absolute atomic E-state index is 12.2. The molecule has 0 unspecified atom stereocenters. The number of nitrogens with zero attached hydrogens (tertiary/aromatic N) is 1. The summed E-state index contributed by atoms with van der Waals surface area (Å²) in [5, 5.41) is 3.44. The lowest BCUT2D eigenvalue weighted by molar-refractivity contribution is 0.0850. The Morgan fingerprint density at radius 2 is 1.77 bits per heavy atom. The standard InChI is InChI=1S/C18H20N2O2/c21-18(22-14-15-7-3-1-4-8-15)20-12-11-19-17(13-20)16-9-5-2-6-10-16/h1-10,17,19H,11-14H2/t17-/m1/s1. The highest BCUT2D eigenvalue weighted by molar-refractivity contribution is 5.68. The van der Waals surface area contributed by atoms with Crippen LogP contribution in [0.15, 0.2) is 60.7 Å². The SMILES string of the molecule is O=C(OCc1ccccc1)N1CCN[C@@H](c2ccccc2)C1. The van der Waals surface area contributed by atoms with Crippen LogP contribution in [-0.2, 0) is 11.3 Å². The van der Waals surface area contributed by atoms with Crippen LogP contribution in [0.2, 0.25) is 0 Å². The number of carbonyl (C=O) groups is 1. The molecule has 1 heterocycles. The van der Waals surface area contributed by atoms with Gasteiger partial charge in [0, 0.05) is 19.6 Å². The van der Waals surface area contributed by atoms with Crippen molar-refractivity contribution < 1.29 is 9.53 Å². The Bertz CT molecular complexity index is 601. The Kier molecular flexibility index (Phi) is 4.71. The van der Waals surface area contributed by atoms with Crippen molar-refractivity contribution in [3.63, 3.8) is 0 Å². The highest BCUT2D eigenvalue weighted by Crippen LogP contribution is 2.17. The predicted molar refractivity (Wildman–Crippen MR) is 85.4 cm³/mol. The molecule has 1 aliphatic rings. The molecule has 0 spiro atoms. The van der Waals surface area contributed by atoms with E-state index in [4.69, 9.17) is 4.74 Å². The number of hydrogen-bond donors (Lipinski definition) is 1. The molecule has 3 rings (SSSR count). The molecule has 4 nitrogen and oxygen atoms in total. The van der Waals surface area contributed by atoms with Gasteiger partial charge in [-0.3, -0.25) is 0 Å². The summed E-state index contributed by atoms with van der Waals surface area (Å²) in [4.78, 5) is 14.0. The van der Waals surface area contributed by atoms with Gasteiger partial charge in [0.1, 0.15) is 6.61 Å². The first-order valence-electron chi connectivity index (χ1n) is 7.57. The van der Waals surface area contributed by atoms with Crippen LogP contribution in [-0.4, -0.2) is 30.6 Å². The Morgan fingerprint density at radius 1 is 1.09 bits per heavy atom. The first-order valence-corrected chi connectivity index (χ1v) is 7.57. The molecule has 114 valence electrons. The van der Waals surface area contributed by atoms with Gasteiger partial charge in [0.25, 0.3) is 0 Å². The van der Waals surface area contributed by atoms with Crippen molar-refractivity contribution in [3.05, 3.63) is 71.8 Å². The van der Waals surface area contributed by atoms with Crippen molar-refractivity contribution in [1.82, 2.24) is 10.2 Å². The van der Waals surface area contributed by atoms with Crippen LogP contribution in [0.3, 0.4) is 0 Å². The Hall–Kier alpha value is -2.33. The zero-order valence-corrected chi connectivity index (χ0v) is 12.4. The molecule has 2 aromatic carbocycles. The molecule has 0 aliphatic carbocycles. The molecule has 22 heavy (non-hydrogen) atoms. The fraction of sp³-hybridized carbons (Fsp3) is 0.278. The minimum Gasteiger partial charge on any atom is -0.445 e. The molecule has 1 aliphatic heterocycles. The molecule has 1 fully saturated rings. The number of piperazine rings is 1. The van der Waals surface area contributed by atoms with E-state index in [-0.39, 0.29) is 12.1 Å². The second-order valence-electron chi connectivity index (χ2n) is 5.40. The van der Waals surface area contributed by atoms with Crippen LogP contribution in [0.25, 0.3) is 0 Å². The van der Waals surface area contributed by atoms with Gasteiger partial charge in [-0.2, -0.15) is 0 Å². The van der Waals surface area contributed by atoms with Crippen LogP contribution in [0, 0.1) is 0 Å². The van der Waals surface area contributed by atoms with Gasteiger partial charge in [0.05, 0.1) is 6.04 Å². The van der Waals surface area contributed by atoms with Crippen LogP contribution in [0.1, 0.15) is 17.2 Å². The van der Waals surface area contributed by atoms with Gasteiger partial charge >= 0.3 is 6.09 Å². The Balaban J connectivity index is 1.56. The summed E-state index contributed by atoms with van der Waals surface area (Å²) < 4.78 is 5.41. The van der Waals surface area contributed by atoms with Crippen molar-refractivity contribution in [1.29, 1.82) is 0 Å². The molecule has 1 saturated heterocycles. The summed E-state index contributed by atoms with van der Waals surface area (Å²) in [5.41, 5.74) is 2.20. The third-order valence-corrected chi connectivity index (χ3v) is 3.84. The number of carbonyl (C=O) groups excluding carboxylic acids is 1. The van der Waals surface area contributed by atoms with Crippen molar-refractivity contribution in [3.8, 4) is 0 Å². The fourth-order valence-corrected chi connectivity index (χ4v) is 2.63. The Morgan fingerprint density at radius 3 is 2.50 bits per heavy atom. The number of nitrogens with one attached hydrogen (secondary N) is 1. The van der Waals surface area contributed by atoms with E-state index in [0.717, 1.165) is 12.1 Å². The smallest absolute Gasteiger partial charge is 0.410 e. The molecule has 1 N–H and O–H groups in total. The van der Waals surface area contributed by atoms with Crippen LogP contribution >= 0.6 is 0 Å². The van der Waals surface area contributed by atoms with Crippen molar-refractivity contribution in [2.75, 3.05) is 19.6 Å². The lowest BCUT2D eigenvalue weighted by atomic mass is 10.1. The van der Waals surface area contributed by atoms with Gasteiger partial charge in [0.2, 0.25) is 0 Å². The lowest BCUT2D eigenvalue weighted by Crippen LogP contribution is -2.48. The van der Waals surface area contributed by atoms with Crippen LogP contribution < -0.4 is 5.32 Å². The van der Waals surface area contributed by atoms with E-state index < -0.39 is 0 Å². The van der Waals surface area contributed by atoms with E-state index >= 15 is 0 Å². The Labute approximate surface area is 130 Å². The summed E-state index contributed by atoms with van der Waals surface area (Å²) in [5.74, 6) is 0. The third kappa shape index (κ3) is 3.65. The first-order chi connectivity index (χ1) is 10.8. The van der Waals surface area contributed by atoms with E-state index in [1.54, 1.807) is 4.90 Å². The highest BCUT2D eigenvalue weighted by Gasteiger charge is 2.25. The van der Waals surface area contributed by atoms with Crippen LogP contribution in [0.5, 0.6) is 0 Å². The maximum Gasteiger partial charge on any atom is 0.410 e. The topological polar surface area (TPSA) is 41.6 Å². The summed E-state index contributed by atoms with van der Waals surface area (Å²) in [6.45, 7) is 2.41. The molecule has 0 aromatic heterocycles. The minimum atomic E-state index is -0.244. The van der Waals surface area contributed by atoms with Gasteiger partial charge in [-0.05, 0) is 11.1 Å². The normalized spacial score (nSPS) is 18.0. The second-order valence-corrected chi connectivity index (χ2v) is 5.40. The number of rotatable bonds is 3. The van der Waals surface area contributed by atoms with Gasteiger partial charge in [0.15, 0.2) is 0 Å². The number of ether oxygens (including phenoxy) is 1. The van der Waals surface area contributed by atoms with Crippen LogP contribution in [0.4, 0.5) is 4.79 Å². The number of benzene rings is 2. The van der Waals surface area contributed by atoms with Crippen molar-refractivity contribution >= 4 is 6.09 Å². The molecule has 0 bridgehead atoms. The monoisotopic (exact) mass is 296 g/mol. The summed E-state index contributed by atoms with van der Waals surface area (Å²) in [6.07, 6.45) is -0.244. The van der Waals surface area contributed by atoms with E-state index in [0.29, 0.717) is 19.7 Å². The van der Waals surface area contributed by atoms with Gasteiger partial charge < -0.3 is 15.0 Å². The van der Waals surface area contributed by atoms with Gasteiger partial charge in [-0.25, -0.2) is 4.79 Å². The van der Waals surface area contributed by atoms with E-state index in [1.165, 1.54) is 5.56 Å². The van der Waals surface area contributed by atoms with Crippen molar-refractivity contribution in [2.45, 2.75) is 12.6 Å². The largest absolute Gasteiger partial charge is 0.445 e. The average molecular weight is 296 g/mol. The van der Waals surface area contributed by atoms with E-state index in [1.807, 2.05) is 48.5 Å². The average Bonchev–Trinajstić information content (AvgIpc) is 2.61. The third-order valence-electron chi connectivity index (χ3n) is 3.84. The zero-order valence-electron chi connectivity index (χ0n) is 12.4. The number of amides is 1. The van der Waals surface area contributed by atoms with E-state index in [9.17, 15) is 4.79 Å². The van der Waals surface area contributed by atoms with Crippen molar-refractivity contribution in [2.24, 2.45) is 0 Å². The molecule has 2 aromatic rings. The molecule has 0 radical (unpaired) electrons. The molecule has 0 saturated carbocycles. The molecule has 4 heteroatoms. The quantitative estimate of drug-likeness (QED) is 0.947. The molecular formula is C18H20N2O2. The lowest BCUT2D eigenvalue weighted by Gasteiger charge is -2.33. The fourth-order valence-electron chi connectivity index (χ4n) is 2.63. The summed E-state index contributed by atoms with van der Waals surface area (Å²) >= 11 is 0. The number of hydrogen-bond acceptors (Lipinski definition) is 3. The molecular weight excluding hydrogens is 276 g/mol. The highest BCUT2D eigenvalue weighted by atomic mass is 16.6. The van der Waals surface area contributed by atoms with E-state index in [2.05, 4.69) is 17.4 Å². The van der Waals surface area contributed by atoms with Gasteiger partial charge in [-0.1, -0.05) is 60.7 Å². The zero-order chi connectivity index (χ0) is 15.2. The first kappa shape index (κ1) is 14.6. The predicted octanol–water partition coefficient (Wildman–Crippen LogP) is 2.97. The summed E-state index contributed by atoms with van der Waals surface area (Å²) in [6, 6.07) is 20.1. The second kappa shape index (κ2) is 7.09. The summed E-state index contributed by atoms with van der Waals surface area (Å²) in [7, 11) is 0. The van der Waals surface area contributed by atoms with Gasteiger partial charge in [-0.15, -0.1) is 0 Å². The molecule has 1 amide bonds. The molecule has 1 atom stereocenters.